The van der Waals surface area contributed by atoms with E-state index < -0.39 is 11.9 Å². The number of hydrogen-bond acceptors (Lipinski definition) is 3. The van der Waals surface area contributed by atoms with Crippen molar-refractivity contribution in [3.63, 3.8) is 0 Å². The summed E-state index contributed by atoms with van der Waals surface area (Å²) in [7, 11) is 0. The summed E-state index contributed by atoms with van der Waals surface area (Å²) < 4.78 is 0. The van der Waals surface area contributed by atoms with Crippen LogP contribution in [0.3, 0.4) is 0 Å². The zero-order valence-corrected chi connectivity index (χ0v) is 24.1. The molecule has 0 heterocycles. The number of carboxylic acid groups (broad SMARTS) is 2. The highest BCUT2D eigenvalue weighted by molar-refractivity contribution is 7.99. The van der Waals surface area contributed by atoms with Crippen molar-refractivity contribution >= 4 is 23.7 Å². The molecule has 0 aromatic rings. The second kappa shape index (κ2) is 37.3. The van der Waals surface area contributed by atoms with E-state index in [1.165, 1.54) is 140 Å². The number of aliphatic carboxylic acids is 2. The minimum absolute atomic E-state index is 0.833. The fourth-order valence-electron chi connectivity index (χ4n) is 3.49. The zero-order chi connectivity index (χ0) is 26.8. The van der Waals surface area contributed by atoms with Crippen LogP contribution in [0.2, 0.25) is 0 Å². The van der Waals surface area contributed by atoms with Crippen molar-refractivity contribution in [1.82, 2.24) is 0 Å². The van der Waals surface area contributed by atoms with Crippen LogP contribution in [0.25, 0.3) is 0 Å². The Morgan fingerprint density at radius 1 is 0.514 bits per heavy atom. The standard InChI is InChI=1S/C24H50S.2C3H4O2/c1-3-5-7-9-11-13-15-17-19-21-23-25-24-22-20-18-16-14-12-10-8-6-4-2;2*1-2-3(4)5/h3-24H2,1-2H3;2*2H,1H2,(H,4,5). The molecule has 5 heteroatoms. The van der Waals surface area contributed by atoms with Gasteiger partial charge in [0.25, 0.3) is 0 Å². The summed E-state index contributed by atoms with van der Waals surface area (Å²) in [6.07, 6.45) is 30.9. The summed E-state index contributed by atoms with van der Waals surface area (Å²) in [6, 6.07) is 0. The van der Waals surface area contributed by atoms with Crippen molar-refractivity contribution in [1.29, 1.82) is 0 Å². The Labute approximate surface area is 222 Å². The van der Waals surface area contributed by atoms with Crippen molar-refractivity contribution < 1.29 is 19.8 Å². The van der Waals surface area contributed by atoms with Gasteiger partial charge in [-0.05, 0) is 24.3 Å². The van der Waals surface area contributed by atoms with E-state index in [0.717, 1.165) is 12.2 Å². The molecule has 4 nitrogen and oxygen atoms in total. The fourth-order valence-corrected chi connectivity index (χ4v) is 4.51. The summed E-state index contributed by atoms with van der Waals surface area (Å²) in [5.74, 6) is 0.858. The van der Waals surface area contributed by atoms with Crippen molar-refractivity contribution in [3.8, 4) is 0 Å². The van der Waals surface area contributed by atoms with Crippen LogP contribution in [0.15, 0.2) is 25.3 Å². The maximum absolute atomic E-state index is 9.25. The third-order valence-corrected chi connectivity index (χ3v) is 6.79. The SMILES string of the molecule is C=CC(=O)O.C=CC(=O)O.CCCCCCCCCCCCSCCCCCCCCCCCC. The number of thioether (sulfide) groups is 1. The third kappa shape index (κ3) is 50.6. The Balaban J connectivity index is -0.000000853. The van der Waals surface area contributed by atoms with Gasteiger partial charge in [-0.15, -0.1) is 0 Å². The topological polar surface area (TPSA) is 74.6 Å². The average Bonchev–Trinajstić information content (AvgIpc) is 2.85. The quantitative estimate of drug-likeness (QED) is 0.0989. The molecule has 0 aliphatic heterocycles. The lowest BCUT2D eigenvalue weighted by Gasteiger charge is -2.04. The van der Waals surface area contributed by atoms with E-state index in [0.29, 0.717) is 0 Å². The first-order valence-corrected chi connectivity index (χ1v) is 15.4. The van der Waals surface area contributed by atoms with Gasteiger partial charge in [-0.2, -0.15) is 11.8 Å². The lowest BCUT2D eigenvalue weighted by atomic mass is 10.1. The Kier molecular flexibility index (Phi) is 40.8. The van der Waals surface area contributed by atoms with Crippen molar-refractivity contribution in [3.05, 3.63) is 25.3 Å². The highest BCUT2D eigenvalue weighted by Crippen LogP contribution is 2.15. The van der Waals surface area contributed by atoms with Gasteiger partial charge in [-0.3, -0.25) is 0 Å². The van der Waals surface area contributed by atoms with Gasteiger partial charge in [0.2, 0.25) is 0 Å². The minimum Gasteiger partial charge on any atom is -0.478 e. The number of hydrogen-bond donors (Lipinski definition) is 2. The summed E-state index contributed by atoms with van der Waals surface area (Å²) in [5, 5.41) is 15.2. The second-order valence-corrected chi connectivity index (χ2v) is 10.3. The van der Waals surface area contributed by atoms with Gasteiger partial charge in [0, 0.05) is 12.2 Å². The van der Waals surface area contributed by atoms with Gasteiger partial charge < -0.3 is 10.2 Å². The summed E-state index contributed by atoms with van der Waals surface area (Å²) >= 11 is 2.21. The van der Waals surface area contributed by atoms with Gasteiger partial charge in [0.1, 0.15) is 0 Å². The first kappa shape index (κ1) is 38.3. The highest BCUT2D eigenvalue weighted by atomic mass is 32.2. The molecule has 208 valence electrons. The first-order chi connectivity index (χ1) is 17.0. The molecule has 0 fully saturated rings. The number of carboxylic acids is 2. The summed E-state index contributed by atoms with van der Waals surface area (Å²) in [6.45, 7) is 10.5. The van der Waals surface area contributed by atoms with E-state index in [2.05, 4.69) is 38.8 Å². The molecule has 0 unspecified atom stereocenters. The van der Waals surface area contributed by atoms with Crippen LogP contribution < -0.4 is 0 Å². The normalized spacial score (nSPS) is 9.89. The molecular weight excluding hydrogens is 456 g/mol. The Morgan fingerprint density at radius 3 is 0.914 bits per heavy atom. The lowest BCUT2D eigenvalue weighted by Crippen LogP contribution is -1.87. The van der Waals surface area contributed by atoms with Crippen LogP contribution >= 0.6 is 11.8 Å². The van der Waals surface area contributed by atoms with E-state index in [-0.39, 0.29) is 0 Å². The predicted molar refractivity (Wildman–Crippen MR) is 157 cm³/mol. The molecular formula is C30H58O4S. The minimum atomic E-state index is -0.981. The lowest BCUT2D eigenvalue weighted by molar-refractivity contribution is -0.132. The Morgan fingerprint density at radius 2 is 0.714 bits per heavy atom. The van der Waals surface area contributed by atoms with Gasteiger partial charge >= 0.3 is 11.9 Å². The Bertz CT molecular complexity index is 412. The third-order valence-electron chi connectivity index (χ3n) is 5.63. The molecule has 0 saturated heterocycles. The van der Waals surface area contributed by atoms with Crippen molar-refractivity contribution in [2.75, 3.05) is 11.5 Å². The highest BCUT2D eigenvalue weighted by Gasteiger charge is 1.95. The first-order valence-electron chi connectivity index (χ1n) is 14.2. The molecule has 0 saturated carbocycles. The van der Waals surface area contributed by atoms with Crippen LogP contribution in [0.5, 0.6) is 0 Å². The van der Waals surface area contributed by atoms with Crippen LogP contribution in [0, 0.1) is 0 Å². The monoisotopic (exact) mass is 514 g/mol. The van der Waals surface area contributed by atoms with Crippen LogP contribution in [-0.4, -0.2) is 33.7 Å². The molecule has 0 spiro atoms. The van der Waals surface area contributed by atoms with Crippen LogP contribution in [-0.2, 0) is 9.59 Å². The van der Waals surface area contributed by atoms with Gasteiger partial charge in [0.15, 0.2) is 0 Å². The van der Waals surface area contributed by atoms with Gasteiger partial charge in [0.05, 0.1) is 0 Å². The second-order valence-electron chi connectivity index (χ2n) is 9.06. The maximum Gasteiger partial charge on any atom is 0.327 e. The average molecular weight is 515 g/mol. The number of unbranched alkanes of at least 4 members (excludes halogenated alkanes) is 18. The van der Waals surface area contributed by atoms with E-state index in [4.69, 9.17) is 10.2 Å². The molecule has 0 atom stereocenters. The van der Waals surface area contributed by atoms with E-state index in [1.54, 1.807) is 0 Å². The molecule has 0 aromatic heterocycles. The Hall–Kier alpha value is -1.23. The van der Waals surface area contributed by atoms with E-state index >= 15 is 0 Å². The zero-order valence-electron chi connectivity index (χ0n) is 23.2. The fraction of sp³-hybridized carbons (Fsp3) is 0.800. The van der Waals surface area contributed by atoms with Gasteiger partial charge in [-0.1, -0.05) is 143 Å². The molecule has 0 amide bonds. The summed E-state index contributed by atoms with van der Waals surface area (Å²) in [5.41, 5.74) is 0. The molecule has 0 aromatic carbocycles. The molecule has 0 aliphatic rings. The van der Waals surface area contributed by atoms with Gasteiger partial charge in [-0.25, -0.2) is 9.59 Å². The predicted octanol–water partition coefficient (Wildman–Crippen LogP) is 10.1. The smallest absolute Gasteiger partial charge is 0.327 e. The molecule has 2 N–H and O–H groups in total. The van der Waals surface area contributed by atoms with Crippen LogP contribution in [0.1, 0.15) is 142 Å². The molecule has 0 aliphatic carbocycles. The number of rotatable bonds is 24. The summed E-state index contributed by atoms with van der Waals surface area (Å²) in [4.78, 5) is 18.5. The van der Waals surface area contributed by atoms with Crippen molar-refractivity contribution in [2.24, 2.45) is 0 Å². The van der Waals surface area contributed by atoms with E-state index in [1.807, 2.05) is 0 Å². The largest absolute Gasteiger partial charge is 0.478 e. The molecule has 0 radical (unpaired) electrons. The van der Waals surface area contributed by atoms with Crippen LogP contribution in [0.4, 0.5) is 0 Å². The number of carbonyl (C=O) groups is 2. The maximum atomic E-state index is 9.25. The molecule has 0 rings (SSSR count). The van der Waals surface area contributed by atoms with Crippen molar-refractivity contribution in [2.45, 2.75) is 142 Å². The van der Waals surface area contributed by atoms with E-state index in [9.17, 15) is 9.59 Å². The molecule has 0 bridgehead atoms. The molecule has 35 heavy (non-hydrogen) atoms.